The Morgan fingerprint density at radius 1 is 1.45 bits per heavy atom. The second-order valence-corrected chi connectivity index (χ2v) is 5.43. The molecule has 2 atom stereocenters. The number of methoxy groups -OCH3 is 1. The molecule has 2 heterocycles. The van der Waals surface area contributed by atoms with Gasteiger partial charge in [0.2, 0.25) is 5.91 Å². The molecule has 1 amide bonds. The molecule has 0 aliphatic carbocycles. The van der Waals surface area contributed by atoms with Crippen molar-refractivity contribution in [3.63, 3.8) is 0 Å². The number of hydrogen-bond donors (Lipinski definition) is 1. The highest BCUT2D eigenvalue weighted by Crippen LogP contribution is 2.33. The molecular formula is C16H19N3O3. The van der Waals surface area contributed by atoms with Gasteiger partial charge < -0.3 is 14.7 Å². The number of benzene rings is 1. The zero-order chi connectivity index (χ0) is 15.5. The van der Waals surface area contributed by atoms with E-state index in [0.29, 0.717) is 13.0 Å². The first-order valence-corrected chi connectivity index (χ1v) is 7.26. The minimum Gasteiger partial charge on any atom is -0.497 e. The lowest BCUT2D eigenvalue weighted by Crippen LogP contribution is -2.34. The number of nitrogens with zero attached hydrogens (tertiary/aromatic N) is 3. The van der Waals surface area contributed by atoms with Crippen molar-refractivity contribution in [2.24, 2.45) is 0 Å². The topological polar surface area (TPSA) is 67.6 Å². The largest absolute Gasteiger partial charge is 0.497 e. The Labute approximate surface area is 128 Å². The Balaban J connectivity index is 1.80. The highest BCUT2D eigenvalue weighted by Gasteiger charge is 2.35. The maximum absolute atomic E-state index is 12.5. The summed E-state index contributed by atoms with van der Waals surface area (Å²) in [6.07, 6.45) is 3.44. The van der Waals surface area contributed by atoms with Crippen LogP contribution < -0.4 is 4.74 Å². The molecule has 1 fully saturated rings. The van der Waals surface area contributed by atoms with Gasteiger partial charge >= 0.3 is 0 Å². The van der Waals surface area contributed by atoms with E-state index in [0.717, 1.165) is 11.3 Å². The van der Waals surface area contributed by atoms with E-state index in [1.165, 1.54) is 0 Å². The van der Waals surface area contributed by atoms with Crippen LogP contribution in [0.15, 0.2) is 42.7 Å². The number of β-amino-alcohol motifs (C(OH)–C–C–N with tert-alkyl or cyclic N) is 1. The molecule has 0 radical (unpaired) electrons. The van der Waals surface area contributed by atoms with Gasteiger partial charge in [-0.3, -0.25) is 9.48 Å². The van der Waals surface area contributed by atoms with Gasteiger partial charge in [0.1, 0.15) is 12.3 Å². The van der Waals surface area contributed by atoms with Crippen molar-refractivity contribution in [3.8, 4) is 5.75 Å². The second-order valence-electron chi connectivity index (χ2n) is 5.43. The molecular weight excluding hydrogens is 282 g/mol. The van der Waals surface area contributed by atoms with Gasteiger partial charge in [-0.05, 0) is 30.2 Å². The van der Waals surface area contributed by atoms with Crippen LogP contribution in [0.4, 0.5) is 0 Å². The zero-order valence-electron chi connectivity index (χ0n) is 12.4. The van der Waals surface area contributed by atoms with Crippen LogP contribution in [0.3, 0.4) is 0 Å². The molecule has 1 aromatic heterocycles. The van der Waals surface area contributed by atoms with Gasteiger partial charge in [-0.1, -0.05) is 12.1 Å². The number of likely N-dealkylation sites (tertiary alicyclic amines) is 1. The van der Waals surface area contributed by atoms with Crippen LogP contribution in [0.1, 0.15) is 18.0 Å². The Morgan fingerprint density at radius 3 is 3.05 bits per heavy atom. The number of aliphatic hydroxyl groups excluding tert-OH is 1. The monoisotopic (exact) mass is 301 g/mol. The third-order valence-corrected chi connectivity index (χ3v) is 3.93. The summed E-state index contributed by atoms with van der Waals surface area (Å²) in [7, 11) is 1.61. The lowest BCUT2D eigenvalue weighted by molar-refractivity contribution is -0.133. The molecule has 0 spiro atoms. The predicted molar refractivity (Wildman–Crippen MR) is 80.3 cm³/mol. The number of aliphatic hydroxyl groups is 1. The number of hydrogen-bond acceptors (Lipinski definition) is 4. The standard InChI is InChI=1S/C16H19N3O3/c1-22-14-5-2-4-12(8-14)15-9-13(20)10-19(15)16(21)11-18-7-3-6-17-18/h2-8,13,15,20H,9-11H2,1H3/t13-,15+/m1/s1. The van der Waals surface area contributed by atoms with E-state index in [-0.39, 0.29) is 18.5 Å². The van der Waals surface area contributed by atoms with Gasteiger partial charge in [0, 0.05) is 18.9 Å². The number of aromatic nitrogens is 2. The fourth-order valence-corrected chi connectivity index (χ4v) is 2.88. The SMILES string of the molecule is COc1cccc([C@@H]2C[C@@H](O)CN2C(=O)Cn2cccn2)c1. The normalized spacial score (nSPS) is 21.1. The van der Waals surface area contributed by atoms with Crippen LogP contribution in [-0.2, 0) is 11.3 Å². The maximum Gasteiger partial charge on any atom is 0.244 e. The Morgan fingerprint density at radius 2 is 2.32 bits per heavy atom. The molecule has 1 saturated heterocycles. The average Bonchev–Trinajstić information content (AvgIpc) is 3.16. The molecule has 116 valence electrons. The average molecular weight is 301 g/mol. The van der Waals surface area contributed by atoms with E-state index in [9.17, 15) is 9.90 Å². The third-order valence-electron chi connectivity index (χ3n) is 3.93. The van der Waals surface area contributed by atoms with Crippen molar-refractivity contribution in [1.82, 2.24) is 14.7 Å². The fraction of sp³-hybridized carbons (Fsp3) is 0.375. The van der Waals surface area contributed by atoms with Crippen LogP contribution in [0.25, 0.3) is 0 Å². The van der Waals surface area contributed by atoms with E-state index in [2.05, 4.69) is 5.10 Å². The number of ether oxygens (including phenoxy) is 1. The van der Waals surface area contributed by atoms with Crippen LogP contribution in [0.2, 0.25) is 0 Å². The van der Waals surface area contributed by atoms with E-state index < -0.39 is 6.10 Å². The number of carbonyl (C=O) groups excluding carboxylic acids is 1. The summed E-state index contributed by atoms with van der Waals surface area (Å²) in [5, 5.41) is 14.0. The summed E-state index contributed by atoms with van der Waals surface area (Å²) in [6.45, 7) is 0.530. The molecule has 6 heteroatoms. The Hall–Kier alpha value is -2.34. The molecule has 3 rings (SSSR count). The van der Waals surface area contributed by atoms with Gasteiger partial charge in [-0.2, -0.15) is 5.10 Å². The molecule has 0 saturated carbocycles. The molecule has 0 unspecified atom stereocenters. The molecule has 1 aliphatic heterocycles. The first-order valence-electron chi connectivity index (χ1n) is 7.26. The summed E-state index contributed by atoms with van der Waals surface area (Å²) in [5.41, 5.74) is 0.977. The predicted octanol–water partition coefficient (Wildman–Crippen LogP) is 1.23. The number of carbonyl (C=O) groups is 1. The van der Waals surface area contributed by atoms with Crippen molar-refractivity contribution < 1.29 is 14.6 Å². The van der Waals surface area contributed by atoms with Gasteiger partial charge in [0.25, 0.3) is 0 Å². The van der Waals surface area contributed by atoms with Gasteiger partial charge in [-0.15, -0.1) is 0 Å². The maximum atomic E-state index is 12.5. The molecule has 1 aliphatic rings. The molecule has 22 heavy (non-hydrogen) atoms. The van der Waals surface area contributed by atoms with E-state index in [1.54, 1.807) is 35.2 Å². The van der Waals surface area contributed by atoms with E-state index in [4.69, 9.17) is 4.74 Å². The summed E-state index contributed by atoms with van der Waals surface area (Å²) in [6, 6.07) is 9.29. The first-order chi connectivity index (χ1) is 10.7. The Kier molecular flexibility index (Phi) is 4.11. The minimum absolute atomic E-state index is 0.0481. The smallest absolute Gasteiger partial charge is 0.244 e. The Bertz CT molecular complexity index is 642. The van der Waals surface area contributed by atoms with Gasteiger partial charge in [0.05, 0.1) is 19.3 Å². The van der Waals surface area contributed by atoms with Crippen LogP contribution in [-0.4, -0.2) is 45.5 Å². The van der Waals surface area contributed by atoms with Crippen LogP contribution in [0, 0.1) is 0 Å². The molecule has 6 nitrogen and oxygen atoms in total. The highest BCUT2D eigenvalue weighted by molar-refractivity contribution is 5.77. The van der Waals surface area contributed by atoms with Crippen molar-refractivity contribution >= 4 is 5.91 Å². The van der Waals surface area contributed by atoms with E-state index >= 15 is 0 Å². The zero-order valence-corrected chi connectivity index (χ0v) is 12.4. The van der Waals surface area contributed by atoms with Crippen molar-refractivity contribution in [2.45, 2.75) is 25.1 Å². The summed E-state index contributed by atoms with van der Waals surface area (Å²) >= 11 is 0. The summed E-state index contributed by atoms with van der Waals surface area (Å²) in [5.74, 6) is 0.700. The van der Waals surface area contributed by atoms with Crippen molar-refractivity contribution in [2.75, 3.05) is 13.7 Å². The number of amides is 1. The third kappa shape index (κ3) is 2.96. The van der Waals surface area contributed by atoms with E-state index in [1.807, 2.05) is 24.3 Å². The summed E-state index contributed by atoms with van der Waals surface area (Å²) < 4.78 is 6.84. The molecule has 0 bridgehead atoms. The second kappa shape index (κ2) is 6.19. The quantitative estimate of drug-likeness (QED) is 0.922. The van der Waals surface area contributed by atoms with Gasteiger partial charge in [0.15, 0.2) is 0 Å². The lowest BCUT2D eigenvalue weighted by atomic mass is 10.0. The molecule has 1 aromatic carbocycles. The van der Waals surface area contributed by atoms with Crippen LogP contribution >= 0.6 is 0 Å². The first kappa shape index (κ1) is 14.6. The van der Waals surface area contributed by atoms with Gasteiger partial charge in [-0.25, -0.2) is 0 Å². The minimum atomic E-state index is -0.502. The van der Waals surface area contributed by atoms with Crippen molar-refractivity contribution in [1.29, 1.82) is 0 Å². The fourth-order valence-electron chi connectivity index (χ4n) is 2.88. The molecule has 1 N–H and O–H groups in total. The van der Waals surface area contributed by atoms with Crippen molar-refractivity contribution in [3.05, 3.63) is 48.3 Å². The lowest BCUT2D eigenvalue weighted by Gasteiger charge is -2.25. The summed E-state index contributed by atoms with van der Waals surface area (Å²) in [4.78, 5) is 14.2. The number of rotatable bonds is 4. The highest BCUT2D eigenvalue weighted by atomic mass is 16.5. The van der Waals surface area contributed by atoms with Crippen LogP contribution in [0.5, 0.6) is 5.75 Å². The molecule has 2 aromatic rings.